The highest BCUT2D eigenvalue weighted by Gasteiger charge is 2.25. The third kappa shape index (κ3) is 4.13. The number of carbonyl (C=O) groups excluding carboxylic acids is 2. The summed E-state index contributed by atoms with van der Waals surface area (Å²) in [6.07, 6.45) is 1.74. The predicted molar refractivity (Wildman–Crippen MR) is 80.9 cm³/mol. The van der Waals surface area contributed by atoms with Gasteiger partial charge in [0.2, 0.25) is 5.91 Å². The number of rotatable bonds is 5. The molecule has 0 radical (unpaired) electrons. The molecule has 0 aromatic heterocycles. The number of ketones is 1. The number of likely N-dealkylation sites (tertiary alicyclic amines) is 1. The first kappa shape index (κ1) is 16.6. The molecule has 1 N–H and O–H groups in total. The second-order valence-corrected chi connectivity index (χ2v) is 5.99. The van der Waals surface area contributed by atoms with E-state index in [1.54, 1.807) is 17.9 Å². The first-order chi connectivity index (χ1) is 10.5. The minimum atomic E-state index is -0.468. The van der Waals surface area contributed by atoms with Crippen molar-refractivity contribution in [2.75, 3.05) is 19.7 Å². The van der Waals surface area contributed by atoms with Crippen molar-refractivity contribution in [3.05, 3.63) is 35.6 Å². The van der Waals surface area contributed by atoms with Crippen LogP contribution in [0.3, 0.4) is 0 Å². The first-order valence-corrected chi connectivity index (χ1v) is 7.69. The number of hydrogen-bond acceptors (Lipinski definition) is 3. The molecule has 1 aliphatic heterocycles. The van der Waals surface area contributed by atoms with Crippen LogP contribution in [0.2, 0.25) is 0 Å². The molecule has 1 fully saturated rings. The number of nitrogens with zero attached hydrogens (tertiary/aromatic N) is 1. The SMILES string of the molecule is CC(CC(=O)N1CCC(CO)CC1)C(=O)c1cccc(F)c1. The van der Waals surface area contributed by atoms with Crippen LogP contribution in [-0.4, -0.2) is 41.4 Å². The Morgan fingerprint density at radius 2 is 2.05 bits per heavy atom. The van der Waals surface area contributed by atoms with Crippen molar-refractivity contribution < 1.29 is 19.1 Å². The Morgan fingerprint density at radius 1 is 1.36 bits per heavy atom. The Bertz CT molecular complexity index is 538. The molecule has 0 bridgehead atoms. The smallest absolute Gasteiger partial charge is 0.223 e. The van der Waals surface area contributed by atoms with Crippen molar-refractivity contribution in [1.29, 1.82) is 0 Å². The third-order valence-electron chi connectivity index (χ3n) is 4.26. The van der Waals surface area contributed by atoms with Gasteiger partial charge in [0, 0.05) is 37.6 Å². The lowest BCUT2D eigenvalue weighted by atomic mass is 9.94. The Morgan fingerprint density at radius 3 is 2.64 bits per heavy atom. The molecule has 1 aromatic carbocycles. The predicted octanol–water partition coefficient (Wildman–Crippen LogP) is 2.27. The number of aliphatic hydroxyl groups excluding tert-OH is 1. The van der Waals surface area contributed by atoms with Crippen molar-refractivity contribution in [3.63, 3.8) is 0 Å². The largest absolute Gasteiger partial charge is 0.396 e. The average molecular weight is 307 g/mol. The third-order valence-corrected chi connectivity index (χ3v) is 4.26. The number of Topliss-reactive ketones (excluding diaryl/α,β-unsaturated/α-hetero) is 1. The number of halogens is 1. The topological polar surface area (TPSA) is 57.6 Å². The number of benzene rings is 1. The van der Waals surface area contributed by atoms with Crippen molar-refractivity contribution in [1.82, 2.24) is 4.90 Å². The van der Waals surface area contributed by atoms with E-state index in [1.807, 2.05) is 0 Å². The summed E-state index contributed by atoms with van der Waals surface area (Å²) in [6.45, 7) is 3.12. The lowest BCUT2D eigenvalue weighted by Crippen LogP contribution is -2.40. The van der Waals surface area contributed by atoms with Crippen LogP contribution in [0.25, 0.3) is 0 Å². The van der Waals surface area contributed by atoms with Gasteiger partial charge in [0.05, 0.1) is 0 Å². The standard InChI is InChI=1S/C17H22FNO3/c1-12(17(22)14-3-2-4-15(18)10-14)9-16(21)19-7-5-13(11-20)6-8-19/h2-4,10,12-13,20H,5-9,11H2,1H3. The Labute approximate surface area is 129 Å². The second-order valence-electron chi connectivity index (χ2n) is 5.99. The van der Waals surface area contributed by atoms with E-state index in [9.17, 15) is 14.0 Å². The highest BCUT2D eigenvalue weighted by molar-refractivity contribution is 5.99. The minimum Gasteiger partial charge on any atom is -0.396 e. The summed E-state index contributed by atoms with van der Waals surface area (Å²) in [4.78, 5) is 26.2. The molecule has 2 rings (SSSR count). The molecule has 1 heterocycles. The van der Waals surface area contributed by atoms with Crippen LogP contribution >= 0.6 is 0 Å². The molecular weight excluding hydrogens is 285 g/mol. The molecule has 0 spiro atoms. The zero-order chi connectivity index (χ0) is 16.1. The molecule has 1 aromatic rings. The van der Waals surface area contributed by atoms with Gasteiger partial charge in [-0.15, -0.1) is 0 Å². The van der Waals surface area contributed by atoms with Crippen LogP contribution < -0.4 is 0 Å². The van der Waals surface area contributed by atoms with Crippen molar-refractivity contribution in [3.8, 4) is 0 Å². The molecule has 0 aliphatic carbocycles. The molecule has 0 saturated carbocycles. The number of aliphatic hydroxyl groups is 1. The molecule has 1 aliphatic rings. The van der Waals surface area contributed by atoms with Crippen molar-refractivity contribution in [2.45, 2.75) is 26.2 Å². The molecule has 1 atom stereocenters. The van der Waals surface area contributed by atoms with E-state index in [-0.39, 0.29) is 30.6 Å². The summed E-state index contributed by atoms with van der Waals surface area (Å²) in [7, 11) is 0. The van der Waals surface area contributed by atoms with E-state index in [1.165, 1.54) is 18.2 Å². The van der Waals surface area contributed by atoms with Gasteiger partial charge in [-0.1, -0.05) is 19.1 Å². The fraction of sp³-hybridized carbons (Fsp3) is 0.529. The average Bonchev–Trinajstić information content (AvgIpc) is 2.54. The van der Waals surface area contributed by atoms with E-state index < -0.39 is 11.7 Å². The van der Waals surface area contributed by atoms with E-state index in [0.29, 0.717) is 18.7 Å². The minimum absolute atomic E-state index is 0.0476. The highest BCUT2D eigenvalue weighted by Crippen LogP contribution is 2.19. The van der Waals surface area contributed by atoms with Gasteiger partial charge in [-0.05, 0) is 30.9 Å². The number of piperidine rings is 1. The summed E-state index contributed by atoms with van der Waals surface area (Å²) in [5, 5.41) is 9.10. The first-order valence-electron chi connectivity index (χ1n) is 7.69. The maximum atomic E-state index is 13.2. The molecule has 1 saturated heterocycles. The van der Waals surface area contributed by atoms with Gasteiger partial charge in [0.1, 0.15) is 5.82 Å². The lowest BCUT2D eigenvalue weighted by molar-refractivity contribution is -0.133. The quantitative estimate of drug-likeness (QED) is 0.849. The molecule has 22 heavy (non-hydrogen) atoms. The van der Waals surface area contributed by atoms with Crippen LogP contribution in [0.15, 0.2) is 24.3 Å². The van der Waals surface area contributed by atoms with Crippen LogP contribution in [0, 0.1) is 17.7 Å². The Kier molecular flexibility index (Phi) is 5.66. The zero-order valence-corrected chi connectivity index (χ0v) is 12.8. The van der Waals surface area contributed by atoms with Crippen LogP contribution in [0.4, 0.5) is 4.39 Å². The highest BCUT2D eigenvalue weighted by atomic mass is 19.1. The van der Waals surface area contributed by atoms with Gasteiger partial charge in [-0.25, -0.2) is 4.39 Å². The monoisotopic (exact) mass is 307 g/mol. The molecule has 120 valence electrons. The van der Waals surface area contributed by atoms with Crippen LogP contribution in [-0.2, 0) is 4.79 Å². The van der Waals surface area contributed by atoms with E-state index in [4.69, 9.17) is 5.11 Å². The van der Waals surface area contributed by atoms with Gasteiger partial charge in [-0.2, -0.15) is 0 Å². The van der Waals surface area contributed by atoms with Gasteiger partial charge in [-0.3, -0.25) is 9.59 Å². The van der Waals surface area contributed by atoms with E-state index >= 15 is 0 Å². The summed E-state index contributed by atoms with van der Waals surface area (Å²) >= 11 is 0. The van der Waals surface area contributed by atoms with E-state index in [0.717, 1.165) is 12.8 Å². The molecular formula is C17H22FNO3. The van der Waals surface area contributed by atoms with Gasteiger partial charge in [0.25, 0.3) is 0 Å². The van der Waals surface area contributed by atoms with Crippen molar-refractivity contribution >= 4 is 11.7 Å². The normalized spacial score (nSPS) is 17.3. The zero-order valence-electron chi connectivity index (χ0n) is 12.8. The summed E-state index contributed by atoms with van der Waals surface area (Å²) in [5.74, 6) is -0.901. The van der Waals surface area contributed by atoms with Gasteiger partial charge >= 0.3 is 0 Å². The molecule has 1 unspecified atom stereocenters. The fourth-order valence-corrected chi connectivity index (χ4v) is 2.77. The van der Waals surface area contributed by atoms with Crippen LogP contribution in [0.5, 0.6) is 0 Å². The van der Waals surface area contributed by atoms with E-state index in [2.05, 4.69) is 0 Å². The molecule has 4 nitrogen and oxygen atoms in total. The molecule has 5 heteroatoms. The summed E-state index contributed by atoms with van der Waals surface area (Å²) < 4.78 is 13.2. The Balaban J connectivity index is 1.90. The number of hydrogen-bond donors (Lipinski definition) is 1. The maximum Gasteiger partial charge on any atom is 0.223 e. The number of amides is 1. The fourth-order valence-electron chi connectivity index (χ4n) is 2.77. The maximum absolute atomic E-state index is 13.2. The Hall–Kier alpha value is -1.75. The summed E-state index contributed by atoms with van der Waals surface area (Å²) in [6, 6.07) is 5.56. The van der Waals surface area contributed by atoms with Crippen molar-refractivity contribution in [2.24, 2.45) is 11.8 Å². The number of carbonyl (C=O) groups is 2. The lowest BCUT2D eigenvalue weighted by Gasteiger charge is -2.31. The second kappa shape index (κ2) is 7.49. The summed E-state index contributed by atoms with van der Waals surface area (Å²) in [5.41, 5.74) is 0.305. The molecule has 1 amide bonds. The van der Waals surface area contributed by atoms with Crippen LogP contribution in [0.1, 0.15) is 36.5 Å². The van der Waals surface area contributed by atoms with Gasteiger partial charge in [0.15, 0.2) is 5.78 Å². The van der Waals surface area contributed by atoms with Gasteiger partial charge < -0.3 is 10.0 Å².